The van der Waals surface area contributed by atoms with Crippen LogP contribution in [0.4, 0.5) is 10.1 Å². The van der Waals surface area contributed by atoms with Crippen LogP contribution < -0.4 is 4.90 Å². The van der Waals surface area contributed by atoms with E-state index in [0.717, 1.165) is 31.9 Å². The Kier molecular flexibility index (Phi) is 4.32. The number of nitrogens with zero attached hydrogens (tertiary/aromatic N) is 3. The molecule has 2 N–H and O–H groups in total. The molecule has 1 heterocycles. The van der Waals surface area contributed by atoms with Gasteiger partial charge in [0.1, 0.15) is 17.3 Å². The highest BCUT2D eigenvalue weighted by molar-refractivity contribution is 5.83. The van der Waals surface area contributed by atoms with Crippen LogP contribution in [-0.4, -0.2) is 47.6 Å². The number of phenolic OH excluding ortho intramolecular Hbond substituents is 2. The van der Waals surface area contributed by atoms with Crippen LogP contribution in [0.15, 0.2) is 47.6 Å². The molecule has 6 heteroatoms. The highest BCUT2D eigenvalue weighted by Gasteiger charge is 2.15. The molecule has 1 aliphatic heterocycles. The average Bonchev–Trinajstić information content (AvgIpc) is 2.55. The summed E-state index contributed by atoms with van der Waals surface area (Å²) < 4.78 is 13.0. The van der Waals surface area contributed by atoms with E-state index < -0.39 is 0 Å². The van der Waals surface area contributed by atoms with Gasteiger partial charge in [0.15, 0.2) is 0 Å². The lowest BCUT2D eigenvalue weighted by Gasteiger charge is -2.34. The molecule has 23 heavy (non-hydrogen) atoms. The SMILES string of the molecule is Oc1ccc(/C=N/N2CCN(c3ccc(F)cc3)CC2)c(O)c1. The molecule has 2 aromatic rings. The van der Waals surface area contributed by atoms with E-state index in [1.54, 1.807) is 24.4 Å². The van der Waals surface area contributed by atoms with Crippen molar-refractivity contribution in [3.8, 4) is 11.5 Å². The van der Waals surface area contributed by atoms with Crippen molar-refractivity contribution in [1.29, 1.82) is 0 Å². The summed E-state index contributed by atoms with van der Waals surface area (Å²) in [5.41, 5.74) is 1.56. The van der Waals surface area contributed by atoms with E-state index in [0.29, 0.717) is 5.56 Å². The maximum atomic E-state index is 13.0. The van der Waals surface area contributed by atoms with Gasteiger partial charge in [-0.2, -0.15) is 5.10 Å². The van der Waals surface area contributed by atoms with Gasteiger partial charge in [0.25, 0.3) is 0 Å². The highest BCUT2D eigenvalue weighted by atomic mass is 19.1. The van der Waals surface area contributed by atoms with Gasteiger partial charge in [0.2, 0.25) is 0 Å². The number of anilines is 1. The molecule has 0 radical (unpaired) electrons. The van der Waals surface area contributed by atoms with Gasteiger partial charge in [-0.05, 0) is 36.4 Å². The summed E-state index contributed by atoms with van der Waals surface area (Å²) >= 11 is 0. The molecule has 2 aromatic carbocycles. The second-order valence-corrected chi connectivity index (χ2v) is 5.40. The van der Waals surface area contributed by atoms with Gasteiger partial charge in [-0.15, -0.1) is 0 Å². The third kappa shape index (κ3) is 3.71. The minimum atomic E-state index is -0.231. The van der Waals surface area contributed by atoms with E-state index in [4.69, 9.17) is 0 Å². The first-order chi connectivity index (χ1) is 11.1. The van der Waals surface area contributed by atoms with Crippen molar-refractivity contribution in [1.82, 2.24) is 5.01 Å². The number of rotatable bonds is 3. The standard InChI is InChI=1S/C17H18FN3O2/c18-14-2-4-15(5-3-14)20-7-9-21(10-8-20)19-12-13-1-6-16(22)11-17(13)23/h1-6,11-12,22-23H,7-10H2/b19-12+. The summed E-state index contributed by atoms with van der Waals surface area (Å²) in [4.78, 5) is 2.18. The molecule has 1 saturated heterocycles. The third-order valence-corrected chi connectivity index (χ3v) is 3.82. The van der Waals surface area contributed by atoms with Gasteiger partial charge in [-0.25, -0.2) is 4.39 Å². The van der Waals surface area contributed by atoms with Gasteiger partial charge in [0, 0.05) is 30.4 Å². The molecule has 0 unspecified atom stereocenters. The first kappa shape index (κ1) is 15.1. The molecular weight excluding hydrogens is 297 g/mol. The lowest BCUT2D eigenvalue weighted by Crippen LogP contribution is -2.44. The number of piperazine rings is 1. The predicted octanol–water partition coefficient (Wildman–Crippen LogP) is 2.39. The minimum absolute atomic E-state index is 0.00121. The minimum Gasteiger partial charge on any atom is -0.508 e. The normalized spacial score (nSPS) is 15.3. The summed E-state index contributed by atoms with van der Waals surface area (Å²) in [6.07, 6.45) is 1.59. The molecule has 0 aromatic heterocycles. The van der Waals surface area contributed by atoms with E-state index in [-0.39, 0.29) is 17.3 Å². The van der Waals surface area contributed by atoms with Crippen LogP contribution in [0.25, 0.3) is 0 Å². The van der Waals surface area contributed by atoms with Crippen molar-refractivity contribution >= 4 is 11.9 Å². The van der Waals surface area contributed by atoms with Gasteiger partial charge < -0.3 is 15.1 Å². The molecule has 0 bridgehead atoms. The van der Waals surface area contributed by atoms with Crippen molar-refractivity contribution in [2.45, 2.75) is 0 Å². The van der Waals surface area contributed by atoms with E-state index in [1.807, 2.05) is 5.01 Å². The fraction of sp³-hybridized carbons (Fsp3) is 0.235. The van der Waals surface area contributed by atoms with Crippen LogP contribution in [-0.2, 0) is 0 Å². The molecule has 0 atom stereocenters. The third-order valence-electron chi connectivity index (χ3n) is 3.82. The Bertz CT molecular complexity index is 695. The van der Waals surface area contributed by atoms with Crippen LogP contribution in [0.1, 0.15) is 5.56 Å². The van der Waals surface area contributed by atoms with Crippen molar-refractivity contribution in [3.63, 3.8) is 0 Å². The second kappa shape index (κ2) is 6.56. The maximum Gasteiger partial charge on any atom is 0.128 e. The predicted molar refractivity (Wildman–Crippen MR) is 87.6 cm³/mol. The van der Waals surface area contributed by atoms with Crippen LogP contribution in [0.2, 0.25) is 0 Å². The molecule has 1 aliphatic rings. The van der Waals surface area contributed by atoms with Gasteiger partial charge in [0.05, 0.1) is 19.3 Å². The monoisotopic (exact) mass is 315 g/mol. The molecule has 0 amide bonds. The molecule has 0 aliphatic carbocycles. The zero-order valence-electron chi connectivity index (χ0n) is 12.6. The van der Waals surface area contributed by atoms with Gasteiger partial charge in [-0.1, -0.05) is 0 Å². The number of hydrogen-bond donors (Lipinski definition) is 2. The molecule has 120 valence electrons. The molecule has 0 spiro atoms. The first-order valence-electron chi connectivity index (χ1n) is 7.43. The second-order valence-electron chi connectivity index (χ2n) is 5.40. The zero-order valence-corrected chi connectivity index (χ0v) is 12.6. The first-order valence-corrected chi connectivity index (χ1v) is 7.43. The lowest BCUT2D eigenvalue weighted by atomic mass is 10.2. The lowest BCUT2D eigenvalue weighted by molar-refractivity contribution is 0.272. The largest absolute Gasteiger partial charge is 0.508 e. The van der Waals surface area contributed by atoms with Crippen molar-refractivity contribution in [2.75, 3.05) is 31.1 Å². The van der Waals surface area contributed by atoms with E-state index in [1.165, 1.54) is 24.3 Å². The smallest absolute Gasteiger partial charge is 0.128 e. The summed E-state index contributed by atoms with van der Waals surface area (Å²) in [6, 6.07) is 10.9. The van der Waals surface area contributed by atoms with Crippen LogP contribution in [0, 0.1) is 5.82 Å². The van der Waals surface area contributed by atoms with Crippen molar-refractivity contribution in [3.05, 3.63) is 53.8 Å². The number of hydrazone groups is 1. The number of phenols is 2. The van der Waals surface area contributed by atoms with E-state index in [2.05, 4.69) is 10.0 Å². The number of halogens is 1. The van der Waals surface area contributed by atoms with Crippen molar-refractivity contribution in [2.24, 2.45) is 5.10 Å². The number of hydrogen-bond acceptors (Lipinski definition) is 5. The zero-order chi connectivity index (χ0) is 16.2. The topological polar surface area (TPSA) is 59.3 Å². The van der Waals surface area contributed by atoms with Crippen LogP contribution >= 0.6 is 0 Å². The van der Waals surface area contributed by atoms with Gasteiger partial charge in [-0.3, -0.25) is 5.01 Å². The Balaban J connectivity index is 1.58. The van der Waals surface area contributed by atoms with Gasteiger partial charge >= 0.3 is 0 Å². The fourth-order valence-electron chi connectivity index (χ4n) is 2.51. The summed E-state index contributed by atoms with van der Waals surface area (Å²) in [5.74, 6) is -0.211. The number of benzene rings is 2. The maximum absolute atomic E-state index is 13.0. The van der Waals surface area contributed by atoms with Crippen LogP contribution in [0.3, 0.4) is 0 Å². The Morgan fingerprint density at radius 2 is 1.65 bits per heavy atom. The van der Waals surface area contributed by atoms with Crippen molar-refractivity contribution < 1.29 is 14.6 Å². The average molecular weight is 315 g/mol. The Morgan fingerprint density at radius 3 is 2.30 bits per heavy atom. The Morgan fingerprint density at radius 1 is 0.957 bits per heavy atom. The molecule has 5 nitrogen and oxygen atoms in total. The summed E-state index contributed by atoms with van der Waals surface area (Å²) in [7, 11) is 0. The molecule has 0 saturated carbocycles. The summed E-state index contributed by atoms with van der Waals surface area (Å²) in [6.45, 7) is 3.08. The Hall–Kier alpha value is -2.76. The fourth-order valence-corrected chi connectivity index (χ4v) is 2.51. The Labute approximate surface area is 133 Å². The molecule has 3 rings (SSSR count). The van der Waals surface area contributed by atoms with E-state index >= 15 is 0 Å². The number of aromatic hydroxyl groups is 2. The quantitative estimate of drug-likeness (QED) is 0.854. The molecular formula is C17H18FN3O2. The van der Waals surface area contributed by atoms with Crippen LogP contribution in [0.5, 0.6) is 11.5 Å². The van der Waals surface area contributed by atoms with E-state index in [9.17, 15) is 14.6 Å². The summed E-state index contributed by atoms with van der Waals surface area (Å²) in [5, 5.41) is 25.3. The highest BCUT2D eigenvalue weighted by Crippen LogP contribution is 2.21. The molecule has 1 fully saturated rings.